The molecule has 1 aliphatic carbocycles. The Morgan fingerprint density at radius 2 is 1.94 bits per heavy atom. The Kier molecular flexibility index (Phi) is 3.73. The molecule has 0 amide bonds. The van der Waals surface area contributed by atoms with Gasteiger partial charge in [0.1, 0.15) is 0 Å². The second-order valence-electron chi connectivity index (χ2n) is 5.86. The van der Waals surface area contributed by atoms with E-state index >= 15 is 0 Å². The fourth-order valence-electron chi connectivity index (χ4n) is 2.73. The molecule has 0 spiro atoms. The van der Waals surface area contributed by atoms with E-state index in [0.29, 0.717) is 30.6 Å². The van der Waals surface area contributed by atoms with Gasteiger partial charge in [0.15, 0.2) is 0 Å². The van der Waals surface area contributed by atoms with E-state index < -0.39 is 0 Å². The van der Waals surface area contributed by atoms with Crippen LogP contribution in [0.25, 0.3) is 0 Å². The van der Waals surface area contributed by atoms with Crippen molar-refractivity contribution in [2.45, 2.75) is 64.3 Å². The lowest BCUT2D eigenvalue weighted by molar-refractivity contribution is -0.108. The molecule has 0 aromatic heterocycles. The Balaban J connectivity index is 1.76. The molecular formula is C13H24N2O2. The maximum atomic E-state index is 7.38. The Morgan fingerprint density at radius 1 is 1.35 bits per heavy atom. The Bertz CT molecular complexity index is 279. The molecule has 4 heteroatoms. The highest BCUT2D eigenvalue weighted by Gasteiger charge is 2.44. The highest BCUT2D eigenvalue weighted by atomic mass is 16.5. The number of ether oxygens (including phenoxy) is 2. The molecule has 2 rings (SSSR count). The summed E-state index contributed by atoms with van der Waals surface area (Å²) in [5.74, 6) is 0.291. The third-order valence-electron chi connectivity index (χ3n) is 3.80. The van der Waals surface area contributed by atoms with Crippen LogP contribution >= 0.6 is 0 Å². The first-order valence-electron chi connectivity index (χ1n) is 6.59. The van der Waals surface area contributed by atoms with Crippen LogP contribution in [0.4, 0.5) is 0 Å². The minimum absolute atomic E-state index is 0.191. The lowest BCUT2D eigenvalue weighted by atomic mass is 10.0. The first-order chi connectivity index (χ1) is 7.99. The molecule has 2 aliphatic rings. The van der Waals surface area contributed by atoms with Crippen LogP contribution < -0.4 is 5.73 Å². The first kappa shape index (κ1) is 12.8. The molecule has 2 atom stereocenters. The Labute approximate surface area is 103 Å². The van der Waals surface area contributed by atoms with Gasteiger partial charge in [-0.15, -0.1) is 0 Å². The number of hydrogen-bond acceptors (Lipinski definition) is 3. The van der Waals surface area contributed by atoms with Crippen molar-refractivity contribution in [3.8, 4) is 0 Å². The van der Waals surface area contributed by atoms with Gasteiger partial charge in [0.05, 0.1) is 30.8 Å². The van der Waals surface area contributed by atoms with Crippen LogP contribution in [0, 0.1) is 10.8 Å². The maximum absolute atomic E-state index is 7.38. The van der Waals surface area contributed by atoms with Gasteiger partial charge >= 0.3 is 0 Å². The Hall–Kier alpha value is -0.610. The van der Waals surface area contributed by atoms with Gasteiger partial charge in [0, 0.05) is 11.8 Å². The van der Waals surface area contributed by atoms with E-state index in [2.05, 4.69) is 13.8 Å². The van der Waals surface area contributed by atoms with Gasteiger partial charge in [-0.3, -0.25) is 5.41 Å². The van der Waals surface area contributed by atoms with Crippen molar-refractivity contribution in [3.63, 3.8) is 0 Å². The van der Waals surface area contributed by atoms with Crippen molar-refractivity contribution < 1.29 is 9.47 Å². The van der Waals surface area contributed by atoms with Gasteiger partial charge in [-0.1, -0.05) is 0 Å². The van der Waals surface area contributed by atoms with Crippen LogP contribution in [-0.2, 0) is 9.47 Å². The van der Waals surface area contributed by atoms with Crippen molar-refractivity contribution in [3.05, 3.63) is 0 Å². The van der Waals surface area contributed by atoms with E-state index in [1.165, 1.54) is 0 Å². The summed E-state index contributed by atoms with van der Waals surface area (Å²) in [4.78, 5) is 0. The van der Waals surface area contributed by atoms with Crippen molar-refractivity contribution >= 4 is 5.84 Å². The van der Waals surface area contributed by atoms with E-state index in [0.717, 1.165) is 32.3 Å². The molecule has 1 saturated carbocycles. The van der Waals surface area contributed by atoms with Crippen LogP contribution in [0.2, 0.25) is 0 Å². The quantitative estimate of drug-likeness (QED) is 0.571. The van der Waals surface area contributed by atoms with E-state index in [9.17, 15) is 0 Å². The molecular weight excluding hydrogens is 216 g/mol. The third-order valence-corrected chi connectivity index (χ3v) is 3.80. The van der Waals surface area contributed by atoms with Crippen molar-refractivity contribution in [1.82, 2.24) is 0 Å². The normalized spacial score (nSPS) is 35.5. The zero-order valence-corrected chi connectivity index (χ0v) is 10.9. The summed E-state index contributed by atoms with van der Waals surface area (Å²) in [6, 6.07) is 0. The summed E-state index contributed by atoms with van der Waals surface area (Å²) in [6.07, 6.45) is 5.89. The number of amidine groups is 1. The molecule has 17 heavy (non-hydrogen) atoms. The molecule has 98 valence electrons. The number of hydrogen-bond donors (Lipinski definition) is 2. The summed E-state index contributed by atoms with van der Waals surface area (Å²) in [5.41, 5.74) is 5.67. The predicted octanol–water partition coefficient (Wildman–Crippen LogP) is 2.07. The standard InChI is InChI=1S/C13H24N2O2/c1-9-5-11(6-10(2)17-9)16-8-13(3-4-13)7-12(14)15/h9-11H,3-8H2,1-2H3,(H3,14,15). The van der Waals surface area contributed by atoms with E-state index in [1.54, 1.807) is 0 Å². The largest absolute Gasteiger partial charge is 0.388 e. The maximum Gasteiger partial charge on any atom is 0.0911 e. The lowest BCUT2D eigenvalue weighted by Crippen LogP contribution is -2.35. The number of rotatable bonds is 5. The molecule has 0 radical (unpaired) electrons. The molecule has 2 unspecified atom stereocenters. The zero-order valence-electron chi connectivity index (χ0n) is 10.9. The van der Waals surface area contributed by atoms with E-state index in [1.807, 2.05) is 0 Å². The monoisotopic (exact) mass is 240 g/mol. The number of nitrogens with two attached hydrogens (primary N) is 1. The second kappa shape index (κ2) is 4.94. The summed E-state index contributed by atoms with van der Waals surface area (Å²) in [5, 5.41) is 7.38. The van der Waals surface area contributed by atoms with Crippen LogP contribution in [-0.4, -0.2) is 30.8 Å². The molecule has 0 aromatic carbocycles. The lowest BCUT2D eigenvalue weighted by Gasteiger charge is -2.33. The summed E-state index contributed by atoms with van der Waals surface area (Å²) < 4.78 is 11.7. The SMILES string of the molecule is CC1CC(OCC2(CC(=N)N)CC2)CC(C)O1. The summed E-state index contributed by atoms with van der Waals surface area (Å²) >= 11 is 0. The van der Waals surface area contributed by atoms with Crippen molar-refractivity contribution in [1.29, 1.82) is 5.41 Å². The van der Waals surface area contributed by atoms with Crippen LogP contribution in [0.3, 0.4) is 0 Å². The van der Waals surface area contributed by atoms with E-state index in [4.69, 9.17) is 20.6 Å². The zero-order chi connectivity index (χ0) is 12.5. The molecule has 4 nitrogen and oxygen atoms in total. The van der Waals surface area contributed by atoms with Crippen molar-refractivity contribution in [2.24, 2.45) is 11.1 Å². The van der Waals surface area contributed by atoms with Gasteiger partial charge in [-0.2, -0.15) is 0 Å². The highest BCUT2D eigenvalue weighted by molar-refractivity contribution is 5.78. The predicted molar refractivity (Wildman–Crippen MR) is 67.2 cm³/mol. The third kappa shape index (κ3) is 3.68. The molecule has 1 saturated heterocycles. The molecule has 3 N–H and O–H groups in total. The molecule has 1 aliphatic heterocycles. The van der Waals surface area contributed by atoms with Crippen LogP contribution in [0.1, 0.15) is 46.0 Å². The number of nitrogens with one attached hydrogen (secondary N) is 1. The average Bonchev–Trinajstić information content (AvgIpc) is 2.93. The van der Waals surface area contributed by atoms with Gasteiger partial charge in [-0.25, -0.2) is 0 Å². The summed E-state index contributed by atoms with van der Waals surface area (Å²) in [6.45, 7) is 4.97. The molecule has 1 heterocycles. The topological polar surface area (TPSA) is 68.3 Å². The molecule has 0 aromatic rings. The fourth-order valence-corrected chi connectivity index (χ4v) is 2.73. The second-order valence-corrected chi connectivity index (χ2v) is 5.86. The fraction of sp³-hybridized carbons (Fsp3) is 0.923. The van der Waals surface area contributed by atoms with Gasteiger partial charge in [0.2, 0.25) is 0 Å². The highest BCUT2D eigenvalue weighted by Crippen LogP contribution is 2.49. The average molecular weight is 240 g/mol. The molecule has 0 bridgehead atoms. The van der Waals surface area contributed by atoms with E-state index in [-0.39, 0.29) is 5.41 Å². The van der Waals surface area contributed by atoms with Gasteiger partial charge in [-0.05, 0) is 39.5 Å². The van der Waals surface area contributed by atoms with Crippen LogP contribution in [0.15, 0.2) is 0 Å². The minimum atomic E-state index is 0.191. The Morgan fingerprint density at radius 3 is 2.41 bits per heavy atom. The summed E-state index contributed by atoms with van der Waals surface area (Å²) in [7, 11) is 0. The van der Waals surface area contributed by atoms with Gasteiger partial charge in [0.25, 0.3) is 0 Å². The molecule has 2 fully saturated rings. The smallest absolute Gasteiger partial charge is 0.0911 e. The van der Waals surface area contributed by atoms with Gasteiger partial charge < -0.3 is 15.2 Å². The first-order valence-corrected chi connectivity index (χ1v) is 6.59. The van der Waals surface area contributed by atoms with Crippen molar-refractivity contribution in [2.75, 3.05) is 6.61 Å². The minimum Gasteiger partial charge on any atom is -0.388 e. The van der Waals surface area contributed by atoms with Crippen LogP contribution in [0.5, 0.6) is 0 Å².